The second-order valence-electron chi connectivity index (χ2n) is 6.88. The summed E-state index contributed by atoms with van der Waals surface area (Å²) in [6, 6.07) is 14.1. The maximum atomic E-state index is 13.0. The second kappa shape index (κ2) is 8.05. The molecule has 0 saturated carbocycles. The van der Waals surface area contributed by atoms with Crippen molar-refractivity contribution in [2.24, 2.45) is 17.3 Å². The third kappa shape index (κ3) is 3.64. The lowest BCUT2D eigenvalue weighted by atomic mass is 10.3. The first-order chi connectivity index (χ1) is 14.8. The molecule has 0 radical (unpaired) electrons. The lowest BCUT2D eigenvalue weighted by molar-refractivity contribution is 0.434. The van der Waals surface area contributed by atoms with Gasteiger partial charge in [0.05, 0.1) is 27.8 Å². The van der Waals surface area contributed by atoms with Crippen molar-refractivity contribution in [3.05, 3.63) is 80.3 Å². The number of azo groups is 1. The summed E-state index contributed by atoms with van der Waals surface area (Å²) in [7, 11) is 1.77. The molecule has 2 aromatic carbocycles. The summed E-state index contributed by atoms with van der Waals surface area (Å²) in [6.45, 7) is 3.44. The number of hydrogen-bond donors (Lipinski definition) is 1. The van der Waals surface area contributed by atoms with Crippen LogP contribution in [0.2, 0.25) is 10.0 Å². The number of benzene rings is 2. The molecule has 0 aliphatic carbocycles. The molecular weight excluding hydrogens is 439 g/mol. The van der Waals surface area contributed by atoms with Crippen molar-refractivity contribution >= 4 is 34.6 Å². The van der Waals surface area contributed by atoms with Gasteiger partial charge in [-0.25, -0.2) is 4.68 Å². The molecular formula is C21H18Cl2N6O2. The Balaban J connectivity index is 1.78. The van der Waals surface area contributed by atoms with E-state index in [1.165, 1.54) is 9.36 Å². The Hall–Kier alpha value is -3.36. The zero-order chi connectivity index (χ0) is 22.3. The van der Waals surface area contributed by atoms with Crippen molar-refractivity contribution in [2.45, 2.75) is 13.8 Å². The molecule has 1 N–H and O–H groups in total. The highest BCUT2D eigenvalue weighted by Crippen LogP contribution is 2.36. The van der Waals surface area contributed by atoms with Crippen molar-refractivity contribution < 1.29 is 5.11 Å². The fraction of sp³-hybridized carbons (Fsp3) is 0.143. The summed E-state index contributed by atoms with van der Waals surface area (Å²) < 4.78 is 4.44. The fourth-order valence-electron chi connectivity index (χ4n) is 3.21. The molecule has 8 nitrogen and oxygen atoms in total. The average molecular weight is 457 g/mol. The van der Waals surface area contributed by atoms with Gasteiger partial charge in [0.25, 0.3) is 5.56 Å². The SMILES string of the molecule is Cc1nn(-c2cc(Cl)ccc2Cl)c(O)c1/N=N/c1c(C)n(C)n(-c2ccccc2)c1=O. The largest absolute Gasteiger partial charge is 0.492 e. The van der Waals surface area contributed by atoms with E-state index >= 15 is 0 Å². The molecule has 0 aliphatic heterocycles. The fourth-order valence-corrected chi connectivity index (χ4v) is 3.57. The quantitative estimate of drug-likeness (QED) is 0.416. The van der Waals surface area contributed by atoms with Crippen molar-refractivity contribution in [1.29, 1.82) is 0 Å². The summed E-state index contributed by atoms with van der Waals surface area (Å²) in [6.07, 6.45) is 0. The molecule has 0 amide bonds. The summed E-state index contributed by atoms with van der Waals surface area (Å²) in [5.74, 6) is -0.262. The zero-order valence-corrected chi connectivity index (χ0v) is 18.4. The number of aryl methyl sites for hydroxylation is 1. The first-order valence-electron chi connectivity index (χ1n) is 9.29. The highest BCUT2D eigenvalue weighted by Gasteiger charge is 2.20. The third-order valence-corrected chi connectivity index (χ3v) is 5.47. The first-order valence-corrected chi connectivity index (χ1v) is 10.0. The van der Waals surface area contributed by atoms with Crippen molar-refractivity contribution in [1.82, 2.24) is 19.1 Å². The summed E-state index contributed by atoms with van der Waals surface area (Å²) in [5.41, 5.74) is 2.12. The van der Waals surface area contributed by atoms with Crippen LogP contribution in [0.15, 0.2) is 63.6 Å². The van der Waals surface area contributed by atoms with Gasteiger partial charge in [-0.05, 0) is 44.2 Å². The Labute approximate surface area is 187 Å². The predicted molar refractivity (Wildman–Crippen MR) is 120 cm³/mol. The van der Waals surface area contributed by atoms with E-state index in [1.54, 1.807) is 43.8 Å². The van der Waals surface area contributed by atoms with Crippen molar-refractivity contribution in [3.63, 3.8) is 0 Å². The Morgan fingerprint density at radius 1 is 1.00 bits per heavy atom. The number of rotatable bonds is 4. The minimum Gasteiger partial charge on any atom is -0.492 e. The third-order valence-electron chi connectivity index (χ3n) is 4.92. The van der Waals surface area contributed by atoms with Gasteiger partial charge in [-0.15, -0.1) is 10.2 Å². The maximum absolute atomic E-state index is 13.0. The van der Waals surface area contributed by atoms with Gasteiger partial charge in [-0.3, -0.25) is 9.48 Å². The lowest BCUT2D eigenvalue weighted by Crippen LogP contribution is -2.19. The highest BCUT2D eigenvalue weighted by atomic mass is 35.5. The minimum absolute atomic E-state index is 0.130. The molecule has 0 saturated heterocycles. The number of aromatic hydroxyl groups is 1. The van der Waals surface area contributed by atoms with Gasteiger partial charge in [-0.2, -0.15) is 9.78 Å². The Bertz CT molecular complexity index is 1370. The topological polar surface area (TPSA) is 89.7 Å². The van der Waals surface area contributed by atoms with Crippen LogP contribution in [-0.4, -0.2) is 24.3 Å². The van der Waals surface area contributed by atoms with Crippen LogP contribution in [0.1, 0.15) is 11.4 Å². The molecule has 31 heavy (non-hydrogen) atoms. The van der Waals surface area contributed by atoms with E-state index in [-0.39, 0.29) is 22.8 Å². The van der Waals surface area contributed by atoms with E-state index in [1.807, 2.05) is 30.3 Å². The summed E-state index contributed by atoms with van der Waals surface area (Å²) >= 11 is 12.3. The lowest BCUT2D eigenvalue weighted by Gasteiger charge is -2.07. The molecule has 10 heteroatoms. The number of aromatic nitrogens is 4. The molecule has 0 aliphatic rings. The van der Waals surface area contributed by atoms with E-state index in [9.17, 15) is 9.90 Å². The number of nitrogens with zero attached hydrogens (tertiary/aromatic N) is 6. The zero-order valence-electron chi connectivity index (χ0n) is 16.9. The summed E-state index contributed by atoms with van der Waals surface area (Å²) in [4.78, 5) is 13.0. The van der Waals surface area contributed by atoms with Gasteiger partial charge in [0.2, 0.25) is 5.88 Å². The molecule has 0 fully saturated rings. The van der Waals surface area contributed by atoms with Gasteiger partial charge in [0.15, 0.2) is 11.4 Å². The van der Waals surface area contributed by atoms with Crippen LogP contribution in [0, 0.1) is 13.8 Å². The molecule has 0 unspecified atom stereocenters. The van der Waals surface area contributed by atoms with Crippen LogP contribution in [0.5, 0.6) is 5.88 Å². The van der Waals surface area contributed by atoms with Gasteiger partial charge in [0.1, 0.15) is 0 Å². The molecule has 2 heterocycles. The smallest absolute Gasteiger partial charge is 0.299 e. The van der Waals surface area contributed by atoms with E-state index in [2.05, 4.69) is 15.3 Å². The van der Waals surface area contributed by atoms with E-state index in [0.717, 1.165) is 0 Å². The summed E-state index contributed by atoms with van der Waals surface area (Å²) in [5, 5.41) is 24.1. The molecule has 4 aromatic rings. The molecule has 158 valence electrons. The van der Waals surface area contributed by atoms with Crippen molar-refractivity contribution in [2.75, 3.05) is 0 Å². The van der Waals surface area contributed by atoms with E-state index in [0.29, 0.717) is 32.8 Å². The molecule has 2 aromatic heterocycles. The Kier molecular flexibility index (Phi) is 5.43. The van der Waals surface area contributed by atoms with E-state index in [4.69, 9.17) is 23.2 Å². The normalized spacial score (nSPS) is 11.5. The standard InChI is InChI=1S/C21H18Cl2N6O2/c1-12-18(20(30)28(26-12)17-11-14(22)9-10-16(17)23)24-25-19-13(2)27(3)29(21(19)31)15-7-5-4-6-8-15/h4-11,30H,1-3H3/b25-24+. The van der Waals surface area contributed by atoms with Gasteiger partial charge < -0.3 is 5.11 Å². The second-order valence-corrected chi connectivity index (χ2v) is 7.72. The van der Waals surface area contributed by atoms with Crippen LogP contribution in [0.4, 0.5) is 11.4 Å². The molecule has 0 atom stereocenters. The van der Waals surface area contributed by atoms with Crippen LogP contribution >= 0.6 is 23.2 Å². The van der Waals surface area contributed by atoms with Crippen LogP contribution in [0.25, 0.3) is 11.4 Å². The van der Waals surface area contributed by atoms with Gasteiger partial charge >= 0.3 is 0 Å². The molecule has 0 bridgehead atoms. The Morgan fingerprint density at radius 3 is 2.39 bits per heavy atom. The highest BCUT2D eigenvalue weighted by molar-refractivity contribution is 6.34. The van der Waals surface area contributed by atoms with Gasteiger partial charge in [0, 0.05) is 12.1 Å². The van der Waals surface area contributed by atoms with Crippen LogP contribution < -0.4 is 5.56 Å². The Morgan fingerprint density at radius 2 is 1.68 bits per heavy atom. The first kappa shape index (κ1) is 20.9. The van der Waals surface area contributed by atoms with Crippen LogP contribution in [0.3, 0.4) is 0 Å². The number of para-hydroxylation sites is 1. The van der Waals surface area contributed by atoms with Crippen molar-refractivity contribution in [3.8, 4) is 17.3 Å². The number of hydrogen-bond acceptors (Lipinski definition) is 5. The molecule has 0 spiro atoms. The monoisotopic (exact) mass is 456 g/mol. The maximum Gasteiger partial charge on any atom is 0.299 e. The van der Waals surface area contributed by atoms with E-state index < -0.39 is 0 Å². The average Bonchev–Trinajstić information content (AvgIpc) is 3.15. The predicted octanol–water partition coefficient (Wildman–Crippen LogP) is 5.41. The number of halogens is 2. The molecule has 4 rings (SSSR count). The van der Waals surface area contributed by atoms with Gasteiger partial charge in [-0.1, -0.05) is 41.4 Å². The minimum atomic E-state index is -0.322. The van der Waals surface area contributed by atoms with Crippen LogP contribution in [-0.2, 0) is 7.05 Å².